The maximum absolute atomic E-state index is 11.1. The van der Waals surface area contributed by atoms with E-state index in [0.717, 1.165) is 18.7 Å². The van der Waals surface area contributed by atoms with Crippen LogP contribution >= 0.6 is 11.6 Å². The Kier molecular flexibility index (Phi) is 3.21. The largest absolute Gasteiger partial charge is 0.370 e. The normalized spacial score (nSPS) is 19.1. The second-order valence-electron chi connectivity index (χ2n) is 4.11. The van der Waals surface area contributed by atoms with Crippen LogP contribution < -0.4 is 10.6 Å². The number of nitrogens with zero attached hydrogens (tertiary/aromatic N) is 2. The van der Waals surface area contributed by atoms with Gasteiger partial charge in [-0.15, -0.1) is 0 Å². The van der Waals surface area contributed by atoms with E-state index in [9.17, 15) is 4.79 Å². The van der Waals surface area contributed by atoms with E-state index in [2.05, 4.69) is 6.07 Å². The zero-order valence-electron chi connectivity index (χ0n) is 9.19. The van der Waals surface area contributed by atoms with Crippen LogP contribution in [0.4, 0.5) is 5.69 Å². The molecule has 17 heavy (non-hydrogen) atoms. The maximum Gasteiger partial charge on any atom is 0.222 e. The zero-order chi connectivity index (χ0) is 12.4. The summed E-state index contributed by atoms with van der Waals surface area (Å²) in [6.07, 6.45) is 0.739. The minimum absolute atomic E-state index is 0.128. The van der Waals surface area contributed by atoms with Crippen LogP contribution in [-0.4, -0.2) is 19.0 Å². The lowest BCUT2D eigenvalue weighted by Crippen LogP contribution is -2.27. The summed E-state index contributed by atoms with van der Waals surface area (Å²) in [5.41, 5.74) is 6.63. The average Bonchev–Trinajstić information content (AvgIpc) is 2.78. The predicted molar refractivity (Wildman–Crippen MR) is 65.7 cm³/mol. The molecule has 1 aromatic rings. The number of primary amides is 1. The molecule has 1 aromatic carbocycles. The van der Waals surface area contributed by atoms with Gasteiger partial charge in [-0.3, -0.25) is 4.79 Å². The molecule has 4 nitrogen and oxygen atoms in total. The molecule has 0 aliphatic carbocycles. The predicted octanol–water partition coefficient (Wildman–Crippen LogP) is 1.52. The Morgan fingerprint density at radius 3 is 2.94 bits per heavy atom. The smallest absolute Gasteiger partial charge is 0.222 e. The highest BCUT2D eigenvalue weighted by Crippen LogP contribution is 2.28. The van der Waals surface area contributed by atoms with Crippen LogP contribution in [0.15, 0.2) is 18.2 Å². The van der Waals surface area contributed by atoms with Crippen LogP contribution in [0.2, 0.25) is 5.02 Å². The van der Waals surface area contributed by atoms with Gasteiger partial charge in [0.25, 0.3) is 0 Å². The molecule has 1 amide bonds. The van der Waals surface area contributed by atoms with Crippen LogP contribution in [0.3, 0.4) is 0 Å². The van der Waals surface area contributed by atoms with Crippen molar-refractivity contribution in [3.63, 3.8) is 0 Å². The molecule has 2 N–H and O–H groups in total. The Labute approximate surface area is 105 Å². The van der Waals surface area contributed by atoms with Crippen molar-refractivity contribution in [3.8, 4) is 6.07 Å². The fourth-order valence-corrected chi connectivity index (χ4v) is 2.26. The average molecular weight is 250 g/mol. The number of carbonyl (C=O) groups is 1. The number of carbonyl (C=O) groups excluding carboxylic acids is 1. The molecule has 88 valence electrons. The molecule has 0 aromatic heterocycles. The molecule has 0 saturated carbocycles. The third-order valence-corrected chi connectivity index (χ3v) is 3.25. The summed E-state index contributed by atoms with van der Waals surface area (Å²) in [6.45, 7) is 1.32. The van der Waals surface area contributed by atoms with Gasteiger partial charge < -0.3 is 10.6 Å². The molecule has 0 bridgehead atoms. The minimum Gasteiger partial charge on any atom is -0.370 e. The van der Waals surface area contributed by atoms with Crippen molar-refractivity contribution in [3.05, 3.63) is 28.8 Å². The van der Waals surface area contributed by atoms with Crippen molar-refractivity contribution in [2.24, 2.45) is 11.7 Å². The van der Waals surface area contributed by atoms with Crippen molar-refractivity contribution >= 4 is 23.2 Å². The minimum atomic E-state index is -0.278. The first kappa shape index (κ1) is 11.7. The first-order chi connectivity index (χ1) is 8.11. The van der Waals surface area contributed by atoms with Gasteiger partial charge >= 0.3 is 0 Å². The summed E-state index contributed by atoms with van der Waals surface area (Å²) in [5, 5.41) is 9.59. The highest BCUT2D eigenvalue weighted by atomic mass is 35.5. The van der Waals surface area contributed by atoms with Crippen molar-refractivity contribution in [1.29, 1.82) is 5.26 Å². The molecule has 0 radical (unpaired) electrons. The Balaban J connectivity index is 2.25. The lowest BCUT2D eigenvalue weighted by molar-refractivity contribution is -0.121. The number of benzene rings is 1. The fraction of sp³-hybridized carbons (Fsp3) is 0.333. The summed E-state index contributed by atoms with van der Waals surface area (Å²) in [4.78, 5) is 13.1. The molecule has 1 atom stereocenters. The molecule has 1 fully saturated rings. The molecule has 5 heteroatoms. The van der Waals surface area contributed by atoms with Gasteiger partial charge in [0, 0.05) is 18.1 Å². The molecule has 1 aliphatic rings. The highest BCUT2D eigenvalue weighted by Gasteiger charge is 2.27. The first-order valence-electron chi connectivity index (χ1n) is 5.35. The van der Waals surface area contributed by atoms with Crippen LogP contribution in [0, 0.1) is 17.2 Å². The van der Waals surface area contributed by atoms with E-state index in [1.807, 2.05) is 11.0 Å². The Morgan fingerprint density at radius 1 is 1.59 bits per heavy atom. The van der Waals surface area contributed by atoms with Gasteiger partial charge in [-0.25, -0.2) is 0 Å². The highest BCUT2D eigenvalue weighted by molar-refractivity contribution is 6.30. The lowest BCUT2D eigenvalue weighted by Gasteiger charge is -2.19. The van der Waals surface area contributed by atoms with Crippen LogP contribution in [-0.2, 0) is 4.79 Å². The van der Waals surface area contributed by atoms with Crippen molar-refractivity contribution in [1.82, 2.24) is 0 Å². The Morgan fingerprint density at radius 2 is 2.35 bits per heavy atom. The van der Waals surface area contributed by atoms with E-state index < -0.39 is 0 Å². The van der Waals surface area contributed by atoms with Crippen LogP contribution in [0.25, 0.3) is 0 Å². The number of hydrogen-bond acceptors (Lipinski definition) is 3. The summed E-state index contributed by atoms with van der Waals surface area (Å²) in [6, 6.07) is 7.30. The molecule has 1 heterocycles. The van der Waals surface area contributed by atoms with E-state index in [-0.39, 0.29) is 11.8 Å². The van der Waals surface area contributed by atoms with Crippen LogP contribution in [0.1, 0.15) is 12.0 Å². The molecule has 1 aliphatic heterocycles. The molecule has 1 saturated heterocycles. The number of nitrogens with two attached hydrogens (primary N) is 1. The fourth-order valence-electron chi connectivity index (χ4n) is 2.08. The standard InChI is InChI=1S/C12H12ClN3O/c13-10-1-2-11(9(5-10)6-14)16-4-3-8(7-16)12(15)17/h1-2,5,8H,3-4,7H2,(H2,15,17). The van der Waals surface area contributed by atoms with Crippen LogP contribution in [0.5, 0.6) is 0 Å². The summed E-state index contributed by atoms with van der Waals surface area (Å²) in [7, 11) is 0. The molecule has 2 rings (SSSR count). The van der Waals surface area contributed by atoms with E-state index in [1.165, 1.54) is 0 Å². The number of halogens is 1. The van der Waals surface area contributed by atoms with Crippen molar-refractivity contribution in [2.45, 2.75) is 6.42 Å². The topological polar surface area (TPSA) is 70.1 Å². The number of amides is 1. The van der Waals surface area contributed by atoms with E-state index in [0.29, 0.717) is 17.1 Å². The quantitative estimate of drug-likeness (QED) is 0.864. The number of anilines is 1. The number of hydrogen-bond donors (Lipinski definition) is 1. The van der Waals surface area contributed by atoms with Gasteiger partial charge in [-0.1, -0.05) is 11.6 Å². The third kappa shape index (κ3) is 2.34. The van der Waals surface area contributed by atoms with E-state index >= 15 is 0 Å². The second-order valence-corrected chi connectivity index (χ2v) is 4.54. The summed E-state index contributed by atoms with van der Waals surface area (Å²) < 4.78 is 0. The molecular weight excluding hydrogens is 238 g/mol. The SMILES string of the molecule is N#Cc1cc(Cl)ccc1N1CCC(C(N)=O)C1. The van der Waals surface area contributed by atoms with Gasteiger partial charge in [0.05, 0.1) is 17.2 Å². The van der Waals surface area contributed by atoms with E-state index in [4.69, 9.17) is 22.6 Å². The molecular formula is C12H12ClN3O. The zero-order valence-corrected chi connectivity index (χ0v) is 9.94. The van der Waals surface area contributed by atoms with E-state index in [1.54, 1.807) is 12.1 Å². The summed E-state index contributed by atoms with van der Waals surface area (Å²) >= 11 is 5.84. The Hall–Kier alpha value is -1.73. The van der Waals surface area contributed by atoms with Gasteiger partial charge in [-0.2, -0.15) is 5.26 Å². The second kappa shape index (κ2) is 4.64. The van der Waals surface area contributed by atoms with Crippen molar-refractivity contribution < 1.29 is 4.79 Å². The Bertz CT molecular complexity index is 495. The van der Waals surface area contributed by atoms with Crippen molar-refractivity contribution in [2.75, 3.05) is 18.0 Å². The van der Waals surface area contributed by atoms with Gasteiger partial charge in [0.2, 0.25) is 5.91 Å². The lowest BCUT2D eigenvalue weighted by atomic mass is 10.1. The van der Waals surface area contributed by atoms with Gasteiger partial charge in [0.1, 0.15) is 6.07 Å². The van der Waals surface area contributed by atoms with Gasteiger partial charge in [-0.05, 0) is 24.6 Å². The van der Waals surface area contributed by atoms with Gasteiger partial charge in [0.15, 0.2) is 0 Å². The first-order valence-corrected chi connectivity index (χ1v) is 5.73. The number of rotatable bonds is 2. The molecule has 1 unspecified atom stereocenters. The maximum atomic E-state index is 11.1. The molecule has 0 spiro atoms. The third-order valence-electron chi connectivity index (χ3n) is 3.01. The number of nitriles is 1. The monoisotopic (exact) mass is 249 g/mol. The summed E-state index contributed by atoms with van der Waals surface area (Å²) in [5.74, 6) is -0.405.